The smallest absolute Gasteiger partial charge is 0.0948 e. The number of aryl methyl sites for hydroxylation is 1. The van der Waals surface area contributed by atoms with Gasteiger partial charge >= 0.3 is 0 Å². The Bertz CT molecular complexity index is 218. The van der Waals surface area contributed by atoms with Gasteiger partial charge in [-0.2, -0.15) is 0 Å². The zero-order chi connectivity index (χ0) is 8.27. The lowest BCUT2D eigenvalue weighted by Gasteiger charge is -2.07. The van der Waals surface area contributed by atoms with E-state index >= 15 is 0 Å². The van der Waals surface area contributed by atoms with Crippen LogP contribution in [0, 0.1) is 0 Å². The van der Waals surface area contributed by atoms with Gasteiger partial charge in [0.1, 0.15) is 0 Å². The summed E-state index contributed by atoms with van der Waals surface area (Å²) in [6.45, 7) is 4.79. The molecule has 0 aliphatic heterocycles. The molecule has 0 aliphatic carbocycles. The van der Waals surface area contributed by atoms with Crippen molar-refractivity contribution in [2.75, 3.05) is 0 Å². The highest BCUT2D eigenvalue weighted by atomic mass is 16.3. The first-order chi connectivity index (χ1) is 5.25. The van der Waals surface area contributed by atoms with Crippen molar-refractivity contribution in [3.8, 4) is 0 Å². The van der Waals surface area contributed by atoms with Crippen LogP contribution in [0.1, 0.15) is 32.1 Å². The average Bonchev–Trinajstić information content (AvgIpc) is 2.36. The average molecular weight is 154 g/mol. The van der Waals surface area contributed by atoms with Crippen molar-refractivity contribution >= 4 is 0 Å². The van der Waals surface area contributed by atoms with E-state index in [2.05, 4.69) is 11.9 Å². The number of imidazole rings is 1. The van der Waals surface area contributed by atoms with Crippen molar-refractivity contribution < 1.29 is 5.11 Å². The van der Waals surface area contributed by atoms with Crippen molar-refractivity contribution in [1.29, 1.82) is 0 Å². The SMILES string of the molecule is CCCn1cncc1C(C)O. The Morgan fingerprint density at radius 2 is 2.45 bits per heavy atom. The quantitative estimate of drug-likeness (QED) is 0.713. The number of nitrogens with zero attached hydrogens (tertiary/aromatic N) is 2. The molecule has 0 spiro atoms. The monoisotopic (exact) mass is 154 g/mol. The highest BCUT2D eigenvalue weighted by molar-refractivity contribution is 5.00. The van der Waals surface area contributed by atoms with Gasteiger partial charge in [-0.25, -0.2) is 4.98 Å². The molecule has 0 bridgehead atoms. The Morgan fingerprint density at radius 3 is 3.00 bits per heavy atom. The Kier molecular flexibility index (Phi) is 2.65. The molecule has 0 aliphatic rings. The maximum atomic E-state index is 9.26. The van der Waals surface area contributed by atoms with E-state index in [9.17, 15) is 5.11 Å². The molecule has 3 nitrogen and oxygen atoms in total. The molecule has 1 unspecified atom stereocenters. The molecule has 1 rings (SSSR count). The summed E-state index contributed by atoms with van der Waals surface area (Å²) in [6.07, 6.45) is 4.12. The number of hydrogen-bond acceptors (Lipinski definition) is 2. The third kappa shape index (κ3) is 1.80. The van der Waals surface area contributed by atoms with Gasteiger partial charge in [-0.1, -0.05) is 6.92 Å². The van der Waals surface area contributed by atoms with E-state index in [0.717, 1.165) is 18.7 Å². The lowest BCUT2D eigenvalue weighted by Crippen LogP contribution is -2.03. The van der Waals surface area contributed by atoms with Gasteiger partial charge in [-0.15, -0.1) is 0 Å². The Morgan fingerprint density at radius 1 is 1.73 bits per heavy atom. The van der Waals surface area contributed by atoms with Crippen LogP contribution in [0.3, 0.4) is 0 Å². The van der Waals surface area contributed by atoms with Crippen LogP contribution in [-0.2, 0) is 6.54 Å². The highest BCUT2D eigenvalue weighted by Gasteiger charge is 2.05. The normalized spacial score (nSPS) is 13.4. The van der Waals surface area contributed by atoms with E-state index in [-0.39, 0.29) is 0 Å². The van der Waals surface area contributed by atoms with Gasteiger partial charge in [-0.3, -0.25) is 0 Å². The van der Waals surface area contributed by atoms with Crippen LogP contribution in [0.25, 0.3) is 0 Å². The molecule has 1 atom stereocenters. The van der Waals surface area contributed by atoms with Crippen molar-refractivity contribution in [1.82, 2.24) is 9.55 Å². The first kappa shape index (κ1) is 8.27. The maximum absolute atomic E-state index is 9.26. The zero-order valence-corrected chi connectivity index (χ0v) is 6.99. The fourth-order valence-corrected chi connectivity index (χ4v) is 1.11. The summed E-state index contributed by atoms with van der Waals surface area (Å²) in [4.78, 5) is 3.96. The van der Waals surface area contributed by atoms with Gasteiger partial charge < -0.3 is 9.67 Å². The minimum Gasteiger partial charge on any atom is -0.387 e. The van der Waals surface area contributed by atoms with Crippen LogP contribution in [0.15, 0.2) is 12.5 Å². The summed E-state index contributed by atoms with van der Waals surface area (Å²) in [5.41, 5.74) is 0.895. The standard InChI is InChI=1S/C8H14N2O/c1-3-4-10-6-9-5-8(10)7(2)11/h5-7,11H,3-4H2,1-2H3. The fourth-order valence-electron chi connectivity index (χ4n) is 1.11. The van der Waals surface area contributed by atoms with Crippen molar-refractivity contribution in [3.05, 3.63) is 18.2 Å². The lowest BCUT2D eigenvalue weighted by molar-refractivity contribution is 0.189. The topological polar surface area (TPSA) is 38.0 Å². The number of hydrogen-bond donors (Lipinski definition) is 1. The van der Waals surface area contributed by atoms with Crippen LogP contribution in [-0.4, -0.2) is 14.7 Å². The van der Waals surface area contributed by atoms with E-state index < -0.39 is 6.10 Å². The molecule has 0 fully saturated rings. The second kappa shape index (κ2) is 3.53. The number of aromatic nitrogens is 2. The molecular formula is C8H14N2O. The van der Waals surface area contributed by atoms with E-state index in [0.29, 0.717) is 0 Å². The van der Waals surface area contributed by atoms with E-state index in [1.54, 1.807) is 19.4 Å². The second-order valence-corrected chi connectivity index (χ2v) is 2.69. The van der Waals surface area contributed by atoms with Gasteiger partial charge in [-0.05, 0) is 13.3 Å². The third-order valence-corrected chi connectivity index (χ3v) is 1.64. The molecule has 3 heteroatoms. The summed E-state index contributed by atoms with van der Waals surface area (Å²) in [5, 5.41) is 9.26. The molecule has 0 aromatic carbocycles. The molecule has 62 valence electrons. The molecule has 0 amide bonds. The summed E-state index contributed by atoms with van der Waals surface area (Å²) >= 11 is 0. The minimum absolute atomic E-state index is 0.413. The minimum atomic E-state index is -0.413. The van der Waals surface area contributed by atoms with Gasteiger partial charge in [0.05, 0.1) is 24.3 Å². The fraction of sp³-hybridized carbons (Fsp3) is 0.625. The Hall–Kier alpha value is -0.830. The van der Waals surface area contributed by atoms with Crippen LogP contribution in [0.4, 0.5) is 0 Å². The summed E-state index contributed by atoms with van der Waals surface area (Å²) < 4.78 is 1.98. The van der Waals surface area contributed by atoms with Crippen molar-refractivity contribution in [3.63, 3.8) is 0 Å². The van der Waals surface area contributed by atoms with Crippen LogP contribution in [0.5, 0.6) is 0 Å². The van der Waals surface area contributed by atoms with Gasteiger partial charge in [0.15, 0.2) is 0 Å². The molecule has 0 saturated heterocycles. The number of aliphatic hydroxyl groups excluding tert-OH is 1. The molecule has 1 aromatic rings. The van der Waals surface area contributed by atoms with Gasteiger partial charge in [0.2, 0.25) is 0 Å². The molecule has 11 heavy (non-hydrogen) atoms. The molecule has 1 aromatic heterocycles. The zero-order valence-electron chi connectivity index (χ0n) is 6.99. The van der Waals surface area contributed by atoms with E-state index in [1.807, 2.05) is 4.57 Å². The first-order valence-electron chi connectivity index (χ1n) is 3.93. The molecule has 1 N–H and O–H groups in total. The number of rotatable bonds is 3. The predicted molar refractivity (Wildman–Crippen MR) is 43.2 cm³/mol. The predicted octanol–water partition coefficient (Wildman–Crippen LogP) is 1.35. The summed E-state index contributed by atoms with van der Waals surface area (Å²) in [7, 11) is 0. The van der Waals surface area contributed by atoms with E-state index in [1.165, 1.54) is 0 Å². The maximum Gasteiger partial charge on any atom is 0.0948 e. The van der Waals surface area contributed by atoms with Gasteiger partial charge in [0, 0.05) is 6.54 Å². The van der Waals surface area contributed by atoms with Crippen molar-refractivity contribution in [2.24, 2.45) is 0 Å². The Labute approximate surface area is 66.7 Å². The van der Waals surface area contributed by atoms with Crippen LogP contribution in [0.2, 0.25) is 0 Å². The first-order valence-corrected chi connectivity index (χ1v) is 3.93. The highest BCUT2D eigenvalue weighted by Crippen LogP contribution is 2.10. The van der Waals surface area contributed by atoms with Gasteiger partial charge in [0.25, 0.3) is 0 Å². The lowest BCUT2D eigenvalue weighted by atomic mass is 10.3. The van der Waals surface area contributed by atoms with Crippen molar-refractivity contribution in [2.45, 2.75) is 32.9 Å². The van der Waals surface area contributed by atoms with E-state index in [4.69, 9.17) is 0 Å². The second-order valence-electron chi connectivity index (χ2n) is 2.69. The molecule has 0 radical (unpaired) electrons. The largest absolute Gasteiger partial charge is 0.387 e. The molecule has 0 saturated carbocycles. The van der Waals surface area contributed by atoms with Crippen LogP contribution < -0.4 is 0 Å². The Balaban J connectivity index is 2.78. The summed E-state index contributed by atoms with van der Waals surface area (Å²) in [6, 6.07) is 0. The third-order valence-electron chi connectivity index (χ3n) is 1.64. The molecule has 1 heterocycles. The number of aliphatic hydroxyl groups is 1. The molecular weight excluding hydrogens is 140 g/mol. The summed E-state index contributed by atoms with van der Waals surface area (Å²) in [5.74, 6) is 0. The van der Waals surface area contributed by atoms with Crippen LogP contribution >= 0.6 is 0 Å².